The number of amides is 3. The molecular weight excluding hydrogens is 380 g/mol. The Labute approximate surface area is 179 Å². The predicted octanol–water partition coefficient (Wildman–Crippen LogP) is 3.02. The van der Waals surface area contributed by atoms with E-state index in [0.29, 0.717) is 19.1 Å². The largest absolute Gasteiger partial charge is 0.444 e. The molecule has 1 aromatic rings. The fourth-order valence-electron chi connectivity index (χ4n) is 4.64. The van der Waals surface area contributed by atoms with Crippen LogP contribution in [0.3, 0.4) is 0 Å². The van der Waals surface area contributed by atoms with Gasteiger partial charge < -0.3 is 19.9 Å². The number of ether oxygens (including phenoxy) is 1. The van der Waals surface area contributed by atoms with Crippen LogP contribution in [0.2, 0.25) is 0 Å². The average molecular weight is 415 g/mol. The van der Waals surface area contributed by atoms with Crippen molar-refractivity contribution in [3.63, 3.8) is 0 Å². The van der Waals surface area contributed by atoms with Gasteiger partial charge in [-0.1, -0.05) is 6.07 Å². The molecular formula is C23H34N4O3. The molecule has 7 heteroatoms. The van der Waals surface area contributed by atoms with Gasteiger partial charge >= 0.3 is 12.1 Å². The van der Waals surface area contributed by atoms with Crippen molar-refractivity contribution in [2.75, 3.05) is 44.2 Å². The topological polar surface area (TPSA) is 65.1 Å². The number of anilines is 1. The van der Waals surface area contributed by atoms with Crippen molar-refractivity contribution in [1.82, 2.24) is 15.1 Å². The first kappa shape index (κ1) is 21.0. The number of fused-ring (bicyclic) bond motifs is 1. The SMILES string of the molecule is CC(C)(C)OC(=O)N1CCc2ccc(N3CCN(C4CCNCC4)C3=O)cc2CC1. The van der Waals surface area contributed by atoms with Gasteiger partial charge in [0.25, 0.3) is 0 Å². The zero-order valence-corrected chi connectivity index (χ0v) is 18.4. The van der Waals surface area contributed by atoms with Gasteiger partial charge in [0.05, 0.1) is 0 Å². The molecule has 0 radical (unpaired) electrons. The second kappa shape index (κ2) is 8.46. The minimum absolute atomic E-state index is 0.130. The number of benzene rings is 1. The van der Waals surface area contributed by atoms with E-state index in [-0.39, 0.29) is 12.1 Å². The van der Waals surface area contributed by atoms with Crippen molar-refractivity contribution in [3.05, 3.63) is 29.3 Å². The smallest absolute Gasteiger partial charge is 0.410 e. The Morgan fingerprint density at radius 1 is 1.03 bits per heavy atom. The van der Waals surface area contributed by atoms with Crippen LogP contribution >= 0.6 is 0 Å². The molecule has 3 amide bonds. The van der Waals surface area contributed by atoms with Crippen LogP contribution in [0, 0.1) is 0 Å². The van der Waals surface area contributed by atoms with Gasteiger partial charge in [0.2, 0.25) is 0 Å². The molecule has 0 aliphatic carbocycles. The number of nitrogens with zero attached hydrogens (tertiary/aromatic N) is 3. The molecule has 30 heavy (non-hydrogen) atoms. The van der Waals surface area contributed by atoms with Crippen LogP contribution in [0.25, 0.3) is 0 Å². The molecule has 0 saturated carbocycles. The summed E-state index contributed by atoms with van der Waals surface area (Å²) in [5.41, 5.74) is 2.97. The molecule has 3 aliphatic heterocycles. The number of hydrogen-bond donors (Lipinski definition) is 1. The highest BCUT2D eigenvalue weighted by molar-refractivity contribution is 5.94. The van der Waals surface area contributed by atoms with Gasteiger partial charge in [0.15, 0.2) is 0 Å². The number of rotatable bonds is 2. The van der Waals surface area contributed by atoms with E-state index in [9.17, 15) is 9.59 Å². The number of nitrogens with one attached hydrogen (secondary N) is 1. The summed E-state index contributed by atoms with van der Waals surface area (Å²) in [5, 5.41) is 3.37. The van der Waals surface area contributed by atoms with E-state index in [4.69, 9.17) is 4.74 Å². The van der Waals surface area contributed by atoms with Crippen molar-refractivity contribution in [2.24, 2.45) is 0 Å². The highest BCUT2D eigenvalue weighted by Gasteiger charge is 2.35. The van der Waals surface area contributed by atoms with Crippen LogP contribution in [-0.2, 0) is 17.6 Å². The summed E-state index contributed by atoms with van der Waals surface area (Å²) in [6.45, 7) is 10.5. The number of piperidine rings is 1. The zero-order chi connectivity index (χ0) is 21.3. The average Bonchev–Trinajstić information content (AvgIpc) is 2.95. The molecule has 0 spiro atoms. The Bertz CT molecular complexity index is 798. The fraction of sp³-hybridized carbons (Fsp3) is 0.652. The van der Waals surface area contributed by atoms with Crippen molar-refractivity contribution >= 4 is 17.8 Å². The lowest BCUT2D eigenvalue weighted by molar-refractivity contribution is 0.0258. The van der Waals surface area contributed by atoms with Crippen molar-refractivity contribution < 1.29 is 14.3 Å². The third-order valence-electron chi connectivity index (χ3n) is 6.25. The van der Waals surface area contributed by atoms with E-state index >= 15 is 0 Å². The minimum Gasteiger partial charge on any atom is -0.444 e. The quantitative estimate of drug-likeness (QED) is 0.808. The van der Waals surface area contributed by atoms with E-state index in [1.54, 1.807) is 4.90 Å². The molecule has 3 aliphatic rings. The van der Waals surface area contributed by atoms with Crippen LogP contribution in [0.4, 0.5) is 15.3 Å². The maximum absolute atomic E-state index is 13.1. The lowest BCUT2D eigenvalue weighted by Gasteiger charge is -2.31. The summed E-state index contributed by atoms with van der Waals surface area (Å²) in [6, 6.07) is 6.82. The fourth-order valence-corrected chi connectivity index (χ4v) is 4.64. The number of hydrogen-bond acceptors (Lipinski definition) is 4. The van der Waals surface area contributed by atoms with Gasteiger partial charge in [0.1, 0.15) is 5.60 Å². The molecule has 4 rings (SSSR count). The Hall–Kier alpha value is -2.28. The van der Waals surface area contributed by atoms with Gasteiger partial charge in [-0.25, -0.2) is 9.59 Å². The minimum atomic E-state index is -0.486. The molecule has 0 bridgehead atoms. The lowest BCUT2D eigenvalue weighted by atomic mass is 10.0. The van der Waals surface area contributed by atoms with Crippen LogP contribution in [0.15, 0.2) is 18.2 Å². The predicted molar refractivity (Wildman–Crippen MR) is 117 cm³/mol. The zero-order valence-electron chi connectivity index (χ0n) is 18.4. The maximum atomic E-state index is 13.1. The van der Waals surface area contributed by atoms with Crippen molar-refractivity contribution in [1.29, 1.82) is 0 Å². The first-order valence-corrected chi connectivity index (χ1v) is 11.2. The second-order valence-corrected chi connectivity index (χ2v) is 9.53. The molecule has 2 fully saturated rings. The normalized spacial score (nSPS) is 20.9. The standard InChI is InChI=1S/C23H34N4O3/c1-23(2,3)30-22(29)25-12-8-17-4-5-20(16-18(17)9-13-25)27-15-14-26(21(27)28)19-6-10-24-11-7-19/h4-5,16,19,24H,6-15H2,1-3H3. The van der Waals surface area contributed by atoms with Crippen LogP contribution in [0.1, 0.15) is 44.7 Å². The first-order chi connectivity index (χ1) is 14.3. The Kier molecular flexibility index (Phi) is 5.91. The van der Waals surface area contributed by atoms with Gasteiger partial charge in [-0.2, -0.15) is 0 Å². The van der Waals surface area contributed by atoms with Crippen LogP contribution < -0.4 is 10.2 Å². The molecule has 0 aromatic heterocycles. The number of carbonyl (C=O) groups is 2. The molecule has 1 aromatic carbocycles. The van der Waals surface area contributed by atoms with Gasteiger partial charge in [-0.05, 0) is 82.8 Å². The third-order valence-corrected chi connectivity index (χ3v) is 6.25. The highest BCUT2D eigenvalue weighted by atomic mass is 16.6. The summed E-state index contributed by atoms with van der Waals surface area (Å²) < 4.78 is 5.54. The van der Waals surface area contributed by atoms with E-state index in [1.807, 2.05) is 25.7 Å². The van der Waals surface area contributed by atoms with Crippen molar-refractivity contribution in [3.8, 4) is 0 Å². The first-order valence-electron chi connectivity index (χ1n) is 11.2. The van der Waals surface area contributed by atoms with Gasteiger partial charge in [-0.3, -0.25) is 4.90 Å². The summed E-state index contributed by atoms with van der Waals surface area (Å²) in [7, 11) is 0. The molecule has 1 N–H and O–H groups in total. The Morgan fingerprint density at radius 2 is 1.73 bits per heavy atom. The number of urea groups is 1. The van der Waals surface area contributed by atoms with E-state index < -0.39 is 5.60 Å². The Balaban J connectivity index is 1.43. The van der Waals surface area contributed by atoms with Crippen molar-refractivity contribution in [2.45, 2.75) is 58.1 Å². The summed E-state index contributed by atoms with van der Waals surface area (Å²) in [5.74, 6) is 0. The third kappa shape index (κ3) is 4.56. The highest BCUT2D eigenvalue weighted by Crippen LogP contribution is 2.28. The second-order valence-electron chi connectivity index (χ2n) is 9.53. The molecule has 7 nitrogen and oxygen atoms in total. The summed E-state index contributed by atoms with van der Waals surface area (Å²) in [4.78, 5) is 31.3. The monoisotopic (exact) mass is 414 g/mol. The summed E-state index contributed by atoms with van der Waals surface area (Å²) in [6.07, 6.45) is 3.41. The molecule has 3 heterocycles. The Morgan fingerprint density at radius 3 is 2.43 bits per heavy atom. The van der Waals surface area contributed by atoms with E-state index in [2.05, 4.69) is 28.4 Å². The van der Waals surface area contributed by atoms with E-state index in [0.717, 1.165) is 57.5 Å². The molecule has 0 unspecified atom stereocenters. The van der Waals surface area contributed by atoms with Gasteiger partial charge in [-0.15, -0.1) is 0 Å². The molecule has 164 valence electrons. The lowest BCUT2D eigenvalue weighted by Crippen LogP contribution is -2.45. The van der Waals surface area contributed by atoms with E-state index in [1.165, 1.54) is 11.1 Å². The molecule has 0 atom stereocenters. The van der Waals surface area contributed by atoms with Gasteiger partial charge in [0, 0.05) is 37.9 Å². The molecule has 2 saturated heterocycles. The van der Waals surface area contributed by atoms with Crippen LogP contribution in [0.5, 0.6) is 0 Å². The maximum Gasteiger partial charge on any atom is 0.410 e. The van der Waals surface area contributed by atoms with Crippen LogP contribution in [-0.4, -0.2) is 72.8 Å². The summed E-state index contributed by atoms with van der Waals surface area (Å²) >= 11 is 0. The number of carbonyl (C=O) groups excluding carboxylic acids is 2.